The van der Waals surface area contributed by atoms with Crippen molar-refractivity contribution >= 4 is 44.8 Å². The molecule has 0 unspecified atom stereocenters. The van der Waals surface area contributed by atoms with Crippen molar-refractivity contribution in [2.75, 3.05) is 54.5 Å². The average molecular weight is 612 g/mol. The fourth-order valence-corrected chi connectivity index (χ4v) is 4.18. The maximum Gasteiger partial charge on any atom is 0.271 e. The van der Waals surface area contributed by atoms with Gasteiger partial charge in [-0.2, -0.15) is 13.4 Å². The molecule has 0 saturated carbocycles. The van der Waals surface area contributed by atoms with Crippen LogP contribution in [0, 0.1) is 0 Å². The molecule has 1 aliphatic rings. The highest BCUT2D eigenvalue weighted by Gasteiger charge is 2.20. The van der Waals surface area contributed by atoms with Gasteiger partial charge >= 0.3 is 0 Å². The minimum absolute atomic E-state index is 0.0287. The Balaban J connectivity index is 0.000000934. The van der Waals surface area contributed by atoms with E-state index in [0.717, 1.165) is 44.1 Å². The number of nitrogens with zero attached hydrogens (tertiary/aromatic N) is 4. The van der Waals surface area contributed by atoms with Crippen LogP contribution in [0.2, 0.25) is 0 Å². The van der Waals surface area contributed by atoms with Gasteiger partial charge in [0.2, 0.25) is 11.8 Å². The number of aryl methyl sites for hydroxylation is 1. The molecular weight excluding hydrogens is 574 g/mol. The number of nitrogens with one attached hydrogen (secondary N) is 2. The van der Waals surface area contributed by atoms with Gasteiger partial charge in [0.15, 0.2) is 11.5 Å². The first-order valence-corrected chi connectivity index (χ1v) is 15.4. The molecule has 13 nitrogen and oxygen atoms in total. The minimum Gasteiger partial charge on any atom is -0.437 e. The summed E-state index contributed by atoms with van der Waals surface area (Å²) in [5.74, 6) is -0.146. The lowest BCUT2D eigenvalue weighted by molar-refractivity contribution is -0.111. The number of hydrogen-bond donors (Lipinski definition) is 4. The van der Waals surface area contributed by atoms with Gasteiger partial charge in [0, 0.05) is 49.3 Å². The third kappa shape index (κ3) is 10.4. The van der Waals surface area contributed by atoms with Crippen molar-refractivity contribution in [2.24, 2.45) is 5.73 Å². The second kappa shape index (κ2) is 15.1. The number of carbonyl (C=O) groups excluding carboxylic acids is 2. The fourth-order valence-electron chi connectivity index (χ4n) is 4.18. The molecule has 0 atom stereocenters. The molecule has 2 aromatic carbocycles. The number of nitrogens with two attached hydrogens (primary N) is 1. The molecule has 1 aliphatic heterocycles. The van der Waals surface area contributed by atoms with Crippen molar-refractivity contribution in [1.82, 2.24) is 14.9 Å². The van der Waals surface area contributed by atoms with Crippen molar-refractivity contribution < 1.29 is 27.3 Å². The number of amides is 2. The van der Waals surface area contributed by atoms with E-state index in [1.807, 2.05) is 31.2 Å². The first-order chi connectivity index (χ1) is 20.4. The molecule has 0 radical (unpaired) electrons. The van der Waals surface area contributed by atoms with Crippen LogP contribution in [0.5, 0.6) is 11.6 Å². The van der Waals surface area contributed by atoms with Crippen LogP contribution in [-0.2, 0) is 21.3 Å². The van der Waals surface area contributed by atoms with E-state index in [0.29, 0.717) is 29.8 Å². The summed E-state index contributed by atoms with van der Waals surface area (Å²) in [6.07, 6.45) is 2.37. The first kappa shape index (κ1) is 33.0. The Morgan fingerprint density at radius 2 is 1.72 bits per heavy atom. The predicted octanol–water partition coefficient (Wildman–Crippen LogP) is 3.44. The van der Waals surface area contributed by atoms with Gasteiger partial charge in [0.05, 0.1) is 6.26 Å². The first-order valence-electron chi connectivity index (χ1n) is 13.6. The smallest absolute Gasteiger partial charge is 0.271 e. The molecular formula is C29H37N7O6S. The molecule has 14 heteroatoms. The number of rotatable bonds is 10. The number of hydrogen-bond acceptors (Lipinski definition) is 10. The van der Waals surface area contributed by atoms with Gasteiger partial charge in [-0.15, -0.1) is 0 Å². The Morgan fingerprint density at radius 1 is 1.07 bits per heavy atom. The summed E-state index contributed by atoms with van der Waals surface area (Å²) < 4.78 is 31.9. The Labute approximate surface area is 251 Å². The van der Waals surface area contributed by atoms with Gasteiger partial charge in [-0.25, -0.2) is 4.98 Å². The van der Waals surface area contributed by atoms with E-state index in [1.54, 1.807) is 24.3 Å². The molecule has 0 bridgehead atoms. The third-order valence-corrected chi connectivity index (χ3v) is 6.32. The summed E-state index contributed by atoms with van der Waals surface area (Å²) in [5.41, 5.74) is 8.57. The molecule has 4 rings (SSSR count). The van der Waals surface area contributed by atoms with Crippen LogP contribution < -0.4 is 26.0 Å². The highest BCUT2D eigenvalue weighted by atomic mass is 32.2. The number of carbonyl (C=O) groups is 2. The van der Waals surface area contributed by atoms with Gasteiger partial charge in [-0.3, -0.25) is 14.1 Å². The number of primary amides is 1. The van der Waals surface area contributed by atoms with Gasteiger partial charge in [-0.05, 0) is 55.4 Å². The van der Waals surface area contributed by atoms with Gasteiger partial charge < -0.3 is 30.9 Å². The lowest BCUT2D eigenvalue weighted by Gasteiger charge is -2.35. The lowest BCUT2D eigenvalue weighted by Crippen LogP contribution is -2.46. The number of aromatic nitrogens is 2. The highest BCUT2D eigenvalue weighted by Crippen LogP contribution is 2.29. The van der Waals surface area contributed by atoms with E-state index >= 15 is 0 Å². The second-order valence-electron chi connectivity index (χ2n) is 9.54. The summed E-state index contributed by atoms with van der Waals surface area (Å²) in [5, 5.41) is 5.87. The number of ether oxygens (including phenoxy) is 1. The van der Waals surface area contributed by atoms with Crippen LogP contribution in [0.3, 0.4) is 0 Å². The van der Waals surface area contributed by atoms with Crippen LogP contribution in [0.25, 0.3) is 0 Å². The number of piperazine rings is 1. The topological polar surface area (TPSA) is 180 Å². The maximum absolute atomic E-state index is 12.2. The van der Waals surface area contributed by atoms with Crippen molar-refractivity contribution in [3.8, 4) is 11.6 Å². The third-order valence-electron chi connectivity index (χ3n) is 6.32. The monoisotopic (exact) mass is 611 g/mol. The average Bonchev–Trinajstić information content (AvgIpc) is 2.97. The van der Waals surface area contributed by atoms with Crippen molar-refractivity contribution in [2.45, 2.75) is 20.3 Å². The molecule has 1 aromatic heterocycles. The number of likely N-dealkylation sites (N-methyl/N-ethyl adjacent to an activating group) is 1. The van der Waals surface area contributed by atoms with E-state index in [4.69, 9.17) is 15.0 Å². The van der Waals surface area contributed by atoms with Gasteiger partial charge in [0.1, 0.15) is 11.4 Å². The standard InChI is InChI=1S/C28H33N7O3.CH4O3S/c1-4-23-28(38-22-9-7-8-20(18-22)30-24(36)5-2)33-27(25(32-23)26(29)37)31-19-10-12-21(13-11-19)35-16-14-34(6-3)15-17-35;1-5(2,3)4/h5,7-13,18H,2,4,6,14-17H2,1,3H3,(H2,29,37)(H,30,36)(H,31,33);1H3,(H,2,3,4). The zero-order valence-electron chi connectivity index (χ0n) is 24.4. The van der Waals surface area contributed by atoms with Crippen LogP contribution in [0.1, 0.15) is 30.0 Å². The van der Waals surface area contributed by atoms with Crippen LogP contribution in [-0.4, -0.2) is 78.6 Å². The molecule has 2 heterocycles. The molecule has 230 valence electrons. The van der Waals surface area contributed by atoms with Gasteiger partial charge in [0.25, 0.3) is 16.0 Å². The summed E-state index contributed by atoms with van der Waals surface area (Å²) in [7, 11) is -3.67. The maximum atomic E-state index is 12.2. The summed E-state index contributed by atoms with van der Waals surface area (Å²) in [6.45, 7) is 12.7. The normalized spacial score (nSPS) is 13.3. The molecule has 3 aromatic rings. The highest BCUT2D eigenvalue weighted by molar-refractivity contribution is 7.85. The Morgan fingerprint density at radius 3 is 2.28 bits per heavy atom. The predicted molar refractivity (Wildman–Crippen MR) is 167 cm³/mol. The zero-order valence-corrected chi connectivity index (χ0v) is 25.2. The minimum atomic E-state index is -3.67. The largest absolute Gasteiger partial charge is 0.437 e. The summed E-state index contributed by atoms with van der Waals surface area (Å²) in [4.78, 5) is 37.7. The quantitative estimate of drug-likeness (QED) is 0.195. The van der Waals surface area contributed by atoms with E-state index in [1.165, 1.54) is 6.08 Å². The van der Waals surface area contributed by atoms with Crippen LogP contribution >= 0.6 is 0 Å². The summed E-state index contributed by atoms with van der Waals surface area (Å²) in [6, 6.07) is 14.8. The number of benzene rings is 2. The molecule has 43 heavy (non-hydrogen) atoms. The molecule has 2 amide bonds. The van der Waals surface area contributed by atoms with Crippen molar-refractivity contribution in [3.05, 3.63) is 72.6 Å². The number of anilines is 4. The SMILES string of the molecule is C=CC(=O)Nc1cccc(Oc2nc(Nc3ccc(N4CCN(CC)CC4)cc3)c(C(N)=O)nc2CC)c1.CS(=O)(=O)O. The van der Waals surface area contributed by atoms with Crippen LogP contribution in [0.15, 0.2) is 61.2 Å². The van der Waals surface area contributed by atoms with Crippen molar-refractivity contribution in [1.29, 1.82) is 0 Å². The molecule has 5 N–H and O–H groups in total. The zero-order chi connectivity index (χ0) is 31.6. The Bertz CT molecular complexity index is 1530. The van der Waals surface area contributed by atoms with E-state index in [-0.39, 0.29) is 23.3 Å². The lowest BCUT2D eigenvalue weighted by atomic mass is 10.2. The molecule has 1 fully saturated rings. The van der Waals surface area contributed by atoms with Gasteiger partial charge in [-0.1, -0.05) is 26.5 Å². The molecule has 1 saturated heterocycles. The van der Waals surface area contributed by atoms with Crippen LogP contribution in [0.4, 0.5) is 22.9 Å². The van der Waals surface area contributed by atoms with E-state index in [2.05, 4.69) is 43.9 Å². The fraction of sp³-hybridized carbons (Fsp3) is 0.310. The summed E-state index contributed by atoms with van der Waals surface area (Å²) >= 11 is 0. The van der Waals surface area contributed by atoms with E-state index < -0.39 is 16.0 Å². The Hall–Kier alpha value is -4.53. The molecule has 0 spiro atoms. The van der Waals surface area contributed by atoms with Crippen molar-refractivity contribution in [3.63, 3.8) is 0 Å². The Kier molecular flexibility index (Phi) is 11.6. The van der Waals surface area contributed by atoms with E-state index in [9.17, 15) is 18.0 Å². The molecule has 0 aliphatic carbocycles. The second-order valence-corrected chi connectivity index (χ2v) is 11.0.